The first kappa shape index (κ1) is 20.6. The number of carbonyl (C=O) groups excluding carboxylic acids is 1. The fourth-order valence-corrected chi connectivity index (χ4v) is 3.30. The molecule has 6 heteroatoms. The zero-order valence-corrected chi connectivity index (χ0v) is 16.3. The van der Waals surface area contributed by atoms with E-state index in [0.717, 1.165) is 43.7 Å². The van der Waals surface area contributed by atoms with Gasteiger partial charge in [-0.2, -0.15) is 5.26 Å². The molecule has 0 aromatic heterocycles. The lowest BCUT2D eigenvalue weighted by atomic mass is 10.0. The van der Waals surface area contributed by atoms with Crippen molar-refractivity contribution in [2.75, 3.05) is 31.5 Å². The summed E-state index contributed by atoms with van der Waals surface area (Å²) in [5, 5.41) is 14.9. The number of benzene rings is 2. The highest BCUT2D eigenvalue weighted by atomic mass is 19.1. The second kappa shape index (κ2) is 10.4. The number of nitrogens with zero attached hydrogens (tertiary/aromatic N) is 2. The minimum absolute atomic E-state index is 0.0477. The third-order valence-corrected chi connectivity index (χ3v) is 4.96. The van der Waals surface area contributed by atoms with Gasteiger partial charge in [-0.3, -0.25) is 9.69 Å². The molecule has 0 saturated carbocycles. The maximum Gasteiger partial charge on any atom is 0.239 e. The van der Waals surface area contributed by atoms with E-state index >= 15 is 0 Å². The molecule has 1 heterocycles. The Kier molecular flexibility index (Phi) is 7.37. The smallest absolute Gasteiger partial charge is 0.239 e. The number of anilines is 1. The summed E-state index contributed by atoms with van der Waals surface area (Å²) in [4.78, 5) is 14.5. The summed E-state index contributed by atoms with van der Waals surface area (Å²) in [5.74, 6) is -0.341. The Morgan fingerprint density at radius 2 is 1.83 bits per heavy atom. The van der Waals surface area contributed by atoms with Gasteiger partial charge in [0.2, 0.25) is 5.91 Å². The van der Waals surface area contributed by atoms with Crippen molar-refractivity contribution in [2.24, 2.45) is 0 Å². The van der Waals surface area contributed by atoms with Gasteiger partial charge in [-0.1, -0.05) is 24.3 Å². The number of amides is 1. The first-order valence-electron chi connectivity index (χ1n) is 9.80. The molecule has 0 unspecified atom stereocenters. The zero-order chi connectivity index (χ0) is 20.5. The lowest BCUT2D eigenvalue weighted by Gasteiger charge is -2.31. The SMILES string of the molecule is N#Cc1ccc(/C=C/CN2CCC(NC(=O)CNc3ccc(F)cc3)CC2)cc1. The van der Waals surface area contributed by atoms with Crippen LogP contribution in [0.3, 0.4) is 0 Å². The quantitative estimate of drug-likeness (QED) is 0.758. The van der Waals surface area contributed by atoms with Gasteiger partial charge in [0.15, 0.2) is 0 Å². The van der Waals surface area contributed by atoms with E-state index in [4.69, 9.17) is 5.26 Å². The number of piperidine rings is 1. The van der Waals surface area contributed by atoms with Gasteiger partial charge >= 0.3 is 0 Å². The van der Waals surface area contributed by atoms with Gasteiger partial charge < -0.3 is 10.6 Å². The number of nitrogens with one attached hydrogen (secondary N) is 2. The summed E-state index contributed by atoms with van der Waals surface area (Å²) in [6, 6.07) is 15.8. The molecule has 1 amide bonds. The topological polar surface area (TPSA) is 68.2 Å². The number of nitriles is 1. The lowest BCUT2D eigenvalue weighted by molar-refractivity contribution is -0.120. The lowest BCUT2D eigenvalue weighted by Crippen LogP contribution is -2.46. The average molecular weight is 392 g/mol. The van der Waals surface area contributed by atoms with Crippen molar-refractivity contribution in [2.45, 2.75) is 18.9 Å². The Labute approximate surface area is 170 Å². The number of rotatable bonds is 7. The molecule has 1 aliphatic heterocycles. The third-order valence-electron chi connectivity index (χ3n) is 4.96. The maximum atomic E-state index is 12.9. The molecule has 0 radical (unpaired) electrons. The first-order valence-corrected chi connectivity index (χ1v) is 9.80. The molecule has 1 aliphatic rings. The van der Waals surface area contributed by atoms with Crippen LogP contribution in [-0.4, -0.2) is 43.0 Å². The predicted octanol–water partition coefficient (Wildman–Crippen LogP) is 3.40. The highest BCUT2D eigenvalue weighted by Crippen LogP contribution is 2.12. The normalized spacial score (nSPS) is 15.2. The molecule has 1 fully saturated rings. The molecule has 0 spiro atoms. The van der Waals surface area contributed by atoms with Gasteiger partial charge in [0.1, 0.15) is 5.82 Å². The van der Waals surface area contributed by atoms with Crippen molar-refractivity contribution < 1.29 is 9.18 Å². The largest absolute Gasteiger partial charge is 0.376 e. The molecule has 0 atom stereocenters. The maximum absolute atomic E-state index is 12.9. The van der Waals surface area contributed by atoms with Crippen LogP contribution in [-0.2, 0) is 4.79 Å². The predicted molar refractivity (Wildman–Crippen MR) is 113 cm³/mol. The Hall–Kier alpha value is -3.17. The number of likely N-dealkylation sites (tertiary alicyclic amines) is 1. The van der Waals surface area contributed by atoms with Gasteiger partial charge in [0.05, 0.1) is 18.2 Å². The molecule has 0 aliphatic carbocycles. The van der Waals surface area contributed by atoms with Crippen LogP contribution >= 0.6 is 0 Å². The van der Waals surface area contributed by atoms with Crippen molar-refractivity contribution in [1.29, 1.82) is 5.26 Å². The van der Waals surface area contributed by atoms with Crippen LogP contribution in [0.4, 0.5) is 10.1 Å². The monoisotopic (exact) mass is 392 g/mol. The van der Waals surface area contributed by atoms with Gasteiger partial charge in [0.25, 0.3) is 0 Å². The van der Waals surface area contributed by atoms with E-state index in [0.29, 0.717) is 5.56 Å². The number of hydrogen-bond acceptors (Lipinski definition) is 4. The summed E-state index contributed by atoms with van der Waals surface area (Å²) in [6.45, 7) is 2.92. The van der Waals surface area contributed by atoms with Crippen LogP contribution in [0.15, 0.2) is 54.6 Å². The minimum atomic E-state index is -0.293. The number of halogens is 1. The molecule has 2 aromatic carbocycles. The molecule has 5 nitrogen and oxygen atoms in total. The van der Waals surface area contributed by atoms with Crippen LogP contribution in [0.25, 0.3) is 6.08 Å². The molecule has 29 heavy (non-hydrogen) atoms. The molecular formula is C23H25FN4O. The molecular weight excluding hydrogens is 367 g/mol. The van der Waals surface area contributed by atoms with E-state index in [1.807, 2.05) is 24.3 Å². The van der Waals surface area contributed by atoms with Crippen molar-refractivity contribution in [3.63, 3.8) is 0 Å². The second-order valence-corrected chi connectivity index (χ2v) is 7.14. The molecule has 0 bridgehead atoms. The highest BCUT2D eigenvalue weighted by molar-refractivity contribution is 5.80. The molecule has 3 rings (SSSR count). The molecule has 150 valence electrons. The van der Waals surface area contributed by atoms with E-state index < -0.39 is 0 Å². The average Bonchev–Trinajstić information content (AvgIpc) is 2.75. The van der Waals surface area contributed by atoms with Gasteiger partial charge in [-0.05, 0) is 54.8 Å². The Balaban J connectivity index is 1.34. The van der Waals surface area contributed by atoms with Crippen LogP contribution in [0, 0.1) is 17.1 Å². The van der Waals surface area contributed by atoms with E-state index in [9.17, 15) is 9.18 Å². The summed E-state index contributed by atoms with van der Waals surface area (Å²) < 4.78 is 12.9. The van der Waals surface area contributed by atoms with Crippen molar-refractivity contribution >= 4 is 17.7 Å². The van der Waals surface area contributed by atoms with Crippen LogP contribution in [0.5, 0.6) is 0 Å². The van der Waals surface area contributed by atoms with E-state index in [2.05, 4.69) is 33.8 Å². The highest BCUT2D eigenvalue weighted by Gasteiger charge is 2.19. The van der Waals surface area contributed by atoms with Gasteiger partial charge in [-0.25, -0.2) is 4.39 Å². The van der Waals surface area contributed by atoms with E-state index in [1.165, 1.54) is 12.1 Å². The fraction of sp³-hybridized carbons (Fsp3) is 0.304. The first-order chi connectivity index (χ1) is 14.1. The Morgan fingerprint density at radius 3 is 2.48 bits per heavy atom. The second-order valence-electron chi connectivity index (χ2n) is 7.14. The fourth-order valence-electron chi connectivity index (χ4n) is 3.30. The van der Waals surface area contributed by atoms with Crippen LogP contribution in [0.2, 0.25) is 0 Å². The minimum Gasteiger partial charge on any atom is -0.376 e. The number of carbonyl (C=O) groups is 1. The number of hydrogen-bond donors (Lipinski definition) is 2. The molecule has 2 aromatic rings. The molecule has 1 saturated heterocycles. The van der Waals surface area contributed by atoms with Gasteiger partial charge in [0, 0.05) is 31.4 Å². The van der Waals surface area contributed by atoms with Crippen LogP contribution in [0.1, 0.15) is 24.0 Å². The zero-order valence-electron chi connectivity index (χ0n) is 16.3. The van der Waals surface area contributed by atoms with Crippen molar-refractivity contribution in [1.82, 2.24) is 10.2 Å². The summed E-state index contributed by atoms with van der Waals surface area (Å²) in [7, 11) is 0. The van der Waals surface area contributed by atoms with Crippen molar-refractivity contribution in [3.8, 4) is 6.07 Å². The van der Waals surface area contributed by atoms with E-state index in [1.54, 1.807) is 12.1 Å². The van der Waals surface area contributed by atoms with Crippen molar-refractivity contribution in [3.05, 3.63) is 71.6 Å². The Morgan fingerprint density at radius 1 is 1.14 bits per heavy atom. The molecule has 2 N–H and O–H groups in total. The third kappa shape index (κ3) is 6.74. The van der Waals surface area contributed by atoms with Gasteiger partial charge in [-0.15, -0.1) is 0 Å². The van der Waals surface area contributed by atoms with Crippen LogP contribution < -0.4 is 10.6 Å². The summed E-state index contributed by atoms with van der Waals surface area (Å²) >= 11 is 0. The summed E-state index contributed by atoms with van der Waals surface area (Å²) in [5.41, 5.74) is 2.48. The van der Waals surface area contributed by atoms with E-state index in [-0.39, 0.29) is 24.3 Å². The standard InChI is InChI=1S/C23H25FN4O/c24-20-7-9-21(10-8-20)26-17-23(29)27-22-11-14-28(15-12-22)13-1-2-18-3-5-19(16-25)6-4-18/h1-10,22,26H,11-15,17H2,(H,27,29)/b2-1+. The Bertz CT molecular complexity index is 863. The summed E-state index contributed by atoms with van der Waals surface area (Å²) in [6.07, 6.45) is 6.04.